The Morgan fingerprint density at radius 1 is 1.21 bits per heavy atom. The first-order valence-electron chi connectivity index (χ1n) is 6.96. The van der Waals surface area contributed by atoms with Gasteiger partial charge in [-0.15, -0.1) is 0 Å². The number of carbonyl (C=O) groups is 1. The van der Waals surface area contributed by atoms with E-state index in [4.69, 9.17) is 0 Å². The maximum atomic E-state index is 13.0. The molecule has 0 aliphatic carbocycles. The van der Waals surface area contributed by atoms with Crippen molar-refractivity contribution in [3.63, 3.8) is 0 Å². The van der Waals surface area contributed by atoms with Crippen LogP contribution in [0.4, 0.5) is 15.8 Å². The number of carbonyl (C=O) groups excluding carboxylic acids is 1. The third kappa shape index (κ3) is 4.91. The first kappa shape index (κ1) is 18.7. The SMILES string of the molecule is Cc1cc(I)ccc1NC(=O)CN(c1ccc(F)cc1)S(C)(=O)=O. The summed E-state index contributed by atoms with van der Waals surface area (Å²) in [6, 6.07) is 10.4. The zero-order chi connectivity index (χ0) is 17.9. The molecule has 0 aromatic heterocycles. The molecule has 2 aromatic rings. The van der Waals surface area contributed by atoms with Gasteiger partial charge in [0, 0.05) is 9.26 Å². The highest BCUT2D eigenvalue weighted by molar-refractivity contribution is 14.1. The topological polar surface area (TPSA) is 66.5 Å². The van der Waals surface area contributed by atoms with Crippen molar-refractivity contribution in [1.29, 1.82) is 0 Å². The molecule has 0 spiro atoms. The van der Waals surface area contributed by atoms with Gasteiger partial charge in [0.05, 0.1) is 11.9 Å². The van der Waals surface area contributed by atoms with Gasteiger partial charge in [0.1, 0.15) is 12.4 Å². The quantitative estimate of drug-likeness (QED) is 0.695. The Kier molecular flexibility index (Phi) is 5.81. The van der Waals surface area contributed by atoms with Crippen molar-refractivity contribution in [2.75, 3.05) is 22.4 Å². The predicted octanol–water partition coefficient (Wildman–Crippen LogP) is 3.14. The van der Waals surface area contributed by atoms with Crippen molar-refractivity contribution in [3.05, 3.63) is 57.4 Å². The molecule has 0 heterocycles. The second-order valence-electron chi connectivity index (χ2n) is 5.25. The summed E-state index contributed by atoms with van der Waals surface area (Å²) in [6.45, 7) is 1.46. The van der Waals surface area contributed by atoms with Crippen LogP contribution in [0.2, 0.25) is 0 Å². The summed E-state index contributed by atoms with van der Waals surface area (Å²) in [5.74, 6) is -0.958. The van der Waals surface area contributed by atoms with E-state index in [1.807, 2.05) is 19.1 Å². The van der Waals surface area contributed by atoms with Crippen molar-refractivity contribution in [1.82, 2.24) is 0 Å². The zero-order valence-corrected chi connectivity index (χ0v) is 16.1. The smallest absolute Gasteiger partial charge is 0.245 e. The molecule has 0 radical (unpaired) electrons. The van der Waals surface area contributed by atoms with Gasteiger partial charge in [-0.05, 0) is 77.5 Å². The maximum absolute atomic E-state index is 13.0. The van der Waals surface area contributed by atoms with Crippen molar-refractivity contribution in [2.45, 2.75) is 6.92 Å². The van der Waals surface area contributed by atoms with Crippen LogP contribution >= 0.6 is 22.6 Å². The fourth-order valence-corrected chi connectivity index (χ4v) is 3.60. The van der Waals surface area contributed by atoms with Crippen LogP contribution in [0.1, 0.15) is 5.56 Å². The maximum Gasteiger partial charge on any atom is 0.245 e. The second kappa shape index (κ2) is 7.47. The number of benzene rings is 2. The van der Waals surface area contributed by atoms with E-state index in [9.17, 15) is 17.6 Å². The minimum Gasteiger partial charge on any atom is -0.324 e. The van der Waals surface area contributed by atoms with E-state index in [-0.39, 0.29) is 5.69 Å². The van der Waals surface area contributed by atoms with E-state index in [0.717, 1.165) is 31.8 Å². The first-order chi connectivity index (χ1) is 11.2. The molecule has 8 heteroatoms. The predicted molar refractivity (Wildman–Crippen MR) is 101 cm³/mol. The van der Waals surface area contributed by atoms with Crippen LogP contribution in [0.15, 0.2) is 42.5 Å². The lowest BCUT2D eigenvalue weighted by atomic mass is 10.2. The average Bonchev–Trinajstić information content (AvgIpc) is 2.48. The number of amides is 1. The van der Waals surface area contributed by atoms with Gasteiger partial charge in [0.15, 0.2) is 0 Å². The summed E-state index contributed by atoms with van der Waals surface area (Å²) in [6.07, 6.45) is 1.000. The molecule has 5 nitrogen and oxygen atoms in total. The Morgan fingerprint density at radius 2 is 1.83 bits per heavy atom. The average molecular weight is 462 g/mol. The Hall–Kier alpha value is -1.68. The van der Waals surface area contributed by atoms with Gasteiger partial charge in [-0.1, -0.05) is 0 Å². The van der Waals surface area contributed by atoms with E-state index in [2.05, 4.69) is 27.9 Å². The number of hydrogen-bond donors (Lipinski definition) is 1. The van der Waals surface area contributed by atoms with Crippen molar-refractivity contribution in [3.8, 4) is 0 Å². The number of nitrogens with zero attached hydrogens (tertiary/aromatic N) is 1. The number of anilines is 2. The highest BCUT2D eigenvalue weighted by Crippen LogP contribution is 2.20. The molecule has 0 saturated heterocycles. The zero-order valence-electron chi connectivity index (χ0n) is 13.1. The van der Waals surface area contributed by atoms with E-state index >= 15 is 0 Å². The summed E-state index contributed by atoms with van der Waals surface area (Å²) in [7, 11) is -3.69. The molecule has 2 rings (SSSR count). The number of hydrogen-bond acceptors (Lipinski definition) is 3. The molecule has 1 amide bonds. The lowest BCUT2D eigenvalue weighted by Crippen LogP contribution is -2.37. The Balaban J connectivity index is 2.20. The third-order valence-corrected chi connectivity index (χ3v) is 5.08. The molecule has 24 heavy (non-hydrogen) atoms. The third-order valence-electron chi connectivity index (χ3n) is 3.26. The summed E-state index contributed by atoms with van der Waals surface area (Å²) in [5, 5.41) is 2.70. The molecule has 0 saturated carbocycles. The summed E-state index contributed by atoms with van der Waals surface area (Å²) < 4.78 is 38.9. The minimum atomic E-state index is -3.69. The number of aryl methyl sites for hydroxylation is 1. The van der Waals surface area contributed by atoms with Gasteiger partial charge in [0.2, 0.25) is 15.9 Å². The van der Waals surface area contributed by atoms with Crippen LogP contribution in [-0.4, -0.2) is 27.1 Å². The highest BCUT2D eigenvalue weighted by Gasteiger charge is 2.21. The Bertz CT molecular complexity index is 854. The van der Waals surface area contributed by atoms with E-state index in [0.29, 0.717) is 5.69 Å². The second-order valence-corrected chi connectivity index (χ2v) is 8.41. The lowest BCUT2D eigenvalue weighted by molar-refractivity contribution is -0.114. The number of rotatable bonds is 5. The summed E-state index contributed by atoms with van der Waals surface area (Å²) in [4.78, 5) is 12.3. The van der Waals surface area contributed by atoms with Crippen LogP contribution in [0.3, 0.4) is 0 Å². The standard InChI is InChI=1S/C16H16FIN2O3S/c1-11-9-13(18)5-8-15(11)19-16(21)10-20(24(2,22)23)14-6-3-12(17)4-7-14/h3-9H,10H2,1-2H3,(H,19,21). The number of nitrogens with one attached hydrogen (secondary N) is 1. The number of halogens is 2. The van der Waals surface area contributed by atoms with Gasteiger partial charge >= 0.3 is 0 Å². The molecule has 2 aromatic carbocycles. The van der Waals surface area contributed by atoms with Gasteiger partial charge in [-0.3, -0.25) is 9.10 Å². The first-order valence-corrected chi connectivity index (χ1v) is 9.89. The monoisotopic (exact) mass is 462 g/mol. The minimum absolute atomic E-state index is 0.230. The molecule has 1 N–H and O–H groups in total. The number of sulfonamides is 1. The molecule has 0 aliphatic rings. The largest absolute Gasteiger partial charge is 0.324 e. The molecular formula is C16H16FIN2O3S. The molecule has 0 fully saturated rings. The van der Waals surface area contributed by atoms with Gasteiger partial charge < -0.3 is 5.32 Å². The van der Waals surface area contributed by atoms with Crippen molar-refractivity contribution >= 4 is 49.9 Å². The Labute approximate surface area is 154 Å². The summed E-state index contributed by atoms with van der Waals surface area (Å²) >= 11 is 2.17. The molecular weight excluding hydrogens is 446 g/mol. The molecule has 128 valence electrons. The summed E-state index contributed by atoms with van der Waals surface area (Å²) in [5.41, 5.74) is 1.73. The van der Waals surface area contributed by atoms with Gasteiger partial charge in [0.25, 0.3) is 0 Å². The Morgan fingerprint density at radius 3 is 2.38 bits per heavy atom. The van der Waals surface area contributed by atoms with E-state index in [1.54, 1.807) is 6.07 Å². The van der Waals surface area contributed by atoms with E-state index < -0.39 is 28.3 Å². The van der Waals surface area contributed by atoms with Crippen LogP contribution < -0.4 is 9.62 Å². The molecule has 0 unspecified atom stereocenters. The van der Waals surface area contributed by atoms with Gasteiger partial charge in [-0.2, -0.15) is 0 Å². The van der Waals surface area contributed by atoms with Crippen LogP contribution in [0, 0.1) is 16.3 Å². The molecule has 0 bridgehead atoms. The lowest BCUT2D eigenvalue weighted by Gasteiger charge is -2.22. The van der Waals surface area contributed by atoms with E-state index in [1.165, 1.54) is 12.1 Å². The van der Waals surface area contributed by atoms with Crippen molar-refractivity contribution in [2.24, 2.45) is 0 Å². The van der Waals surface area contributed by atoms with Crippen LogP contribution in [0.5, 0.6) is 0 Å². The van der Waals surface area contributed by atoms with Crippen molar-refractivity contribution < 1.29 is 17.6 Å². The highest BCUT2D eigenvalue weighted by atomic mass is 127. The van der Waals surface area contributed by atoms with Gasteiger partial charge in [-0.25, -0.2) is 12.8 Å². The molecule has 0 atom stereocenters. The fraction of sp³-hybridized carbons (Fsp3) is 0.188. The normalized spacial score (nSPS) is 11.2. The van der Waals surface area contributed by atoms with Crippen LogP contribution in [0.25, 0.3) is 0 Å². The molecule has 0 aliphatic heterocycles. The van der Waals surface area contributed by atoms with Crippen LogP contribution in [-0.2, 0) is 14.8 Å². The fourth-order valence-electron chi connectivity index (χ4n) is 2.09.